The van der Waals surface area contributed by atoms with Gasteiger partial charge in [0.2, 0.25) is 5.91 Å². The number of hydrogen-bond donors (Lipinski definition) is 1. The van der Waals surface area contributed by atoms with Crippen LogP contribution in [0.2, 0.25) is 0 Å². The highest BCUT2D eigenvalue weighted by Gasteiger charge is 2.59. The quantitative estimate of drug-likeness (QED) is 0.802. The van der Waals surface area contributed by atoms with Crippen LogP contribution in [0.1, 0.15) is 44.9 Å². The van der Waals surface area contributed by atoms with Gasteiger partial charge in [-0.15, -0.1) is 12.4 Å². The molecule has 1 spiro atoms. The van der Waals surface area contributed by atoms with Crippen LogP contribution in [0, 0.1) is 11.3 Å². The molecule has 2 saturated heterocycles. The number of carbonyl (C=O) groups is 1. The molecule has 3 nitrogen and oxygen atoms in total. The number of hydrogen-bond acceptors (Lipinski definition) is 3. The molecular formula is C16H27ClN2OS. The third-order valence-electron chi connectivity index (χ3n) is 6.10. The second-order valence-electron chi connectivity index (χ2n) is 7.16. The second kappa shape index (κ2) is 6.29. The summed E-state index contributed by atoms with van der Waals surface area (Å²) >= 11 is 2.12. The third-order valence-corrected chi connectivity index (χ3v) is 7.50. The van der Waals surface area contributed by atoms with Gasteiger partial charge < -0.3 is 10.2 Å². The van der Waals surface area contributed by atoms with Crippen LogP contribution in [0.4, 0.5) is 0 Å². The molecule has 1 N–H and O–H groups in total. The number of nitrogens with zero attached hydrogens (tertiary/aromatic N) is 1. The summed E-state index contributed by atoms with van der Waals surface area (Å²) in [6.07, 6.45) is 8.90. The summed E-state index contributed by atoms with van der Waals surface area (Å²) in [6, 6.07) is 0.564. The maximum absolute atomic E-state index is 13.0. The minimum Gasteiger partial charge on any atom is -0.338 e. The standard InChI is InChI=1S/C16H26N2OS.ClH/c19-15(12-11-16(12)5-7-17-8-6-16)18-9-10-20-14-4-2-1-3-13(14)18;/h12-14,17H,1-11H2;1H. The highest BCUT2D eigenvalue weighted by atomic mass is 35.5. The number of fused-ring (bicyclic) bond motifs is 1. The molecule has 2 aliphatic heterocycles. The van der Waals surface area contributed by atoms with Crippen LogP contribution in [0.3, 0.4) is 0 Å². The molecule has 0 bridgehead atoms. The van der Waals surface area contributed by atoms with E-state index in [2.05, 4.69) is 22.0 Å². The van der Waals surface area contributed by atoms with Gasteiger partial charge in [0.15, 0.2) is 0 Å². The van der Waals surface area contributed by atoms with Crippen LogP contribution in [-0.4, -0.2) is 47.5 Å². The number of piperidine rings is 1. The van der Waals surface area contributed by atoms with Gasteiger partial charge in [-0.05, 0) is 50.6 Å². The number of rotatable bonds is 1. The molecule has 4 rings (SSSR count). The van der Waals surface area contributed by atoms with Crippen LogP contribution in [0.25, 0.3) is 0 Å². The molecule has 2 heterocycles. The van der Waals surface area contributed by atoms with Gasteiger partial charge in [0.05, 0.1) is 0 Å². The lowest BCUT2D eigenvalue weighted by molar-refractivity contribution is -0.136. The molecule has 21 heavy (non-hydrogen) atoms. The number of carbonyl (C=O) groups excluding carboxylic acids is 1. The third kappa shape index (κ3) is 2.84. The smallest absolute Gasteiger partial charge is 0.226 e. The highest BCUT2D eigenvalue weighted by molar-refractivity contribution is 8.00. The monoisotopic (exact) mass is 330 g/mol. The first kappa shape index (κ1) is 15.9. The molecule has 4 fully saturated rings. The van der Waals surface area contributed by atoms with E-state index in [1.165, 1.54) is 44.9 Å². The second-order valence-corrected chi connectivity index (χ2v) is 8.51. The van der Waals surface area contributed by atoms with E-state index in [-0.39, 0.29) is 12.4 Å². The van der Waals surface area contributed by atoms with Crippen LogP contribution in [-0.2, 0) is 4.79 Å². The van der Waals surface area contributed by atoms with Crippen LogP contribution < -0.4 is 5.32 Å². The lowest BCUT2D eigenvalue weighted by Gasteiger charge is -2.44. The lowest BCUT2D eigenvalue weighted by Crippen LogP contribution is -2.52. The van der Waals surface area contributed by atoms with Crippen molar-refractivity contribution in [2.75, 3.05) is 25.4 Å². The van der Waals surface area contributed by atoms with Crippen LogP contribution >= 0.6 is 24.2 Å². The summed E-state index contributed by atoms with van der Waals surface area (Å²) in [7, 11) is 0. The average Bonchev–Trinajstić information content (AvgIpc) is 3.20. The van der Waals surface area contributed by atoms with Crippen molar-refractivity contribution in [3.8, 4) is 0 Å². The first-order chi connectivity index (χ1) is 9.80. The average molecular weight is 331 g/mol. The molecule has 2 saturated carbocycles. The van der Waals surface area contributed by atoms with Crippen molar-refractivity contribution in [3.63, 3.8) is 0 Å². The zero-order valence-corrected chi connectivity index (χ0v) is 14.3. The fourth-order valence-corrected chi connectivity index (χ4v) is 6.19. The van der Waals surface area contributed by atoms with E-state index in [4.69, 9.17) is 0 Å². The largest absolute Gasteiger partial charge is 0.338 e. The lowest BCUT2D eigenvalue weighted by atomic mass is 9.90. The van der Waals surface area contributed by atoms with Crippen molar-refractivity contribution in [3.05, 3.63) is 0 Å². The molecular weight excluding hydrogens is 304 g/mol. The van der Waals surface area contributed by atoms with E-state index in [0.717, 1.165) is 30.6 Å². The molecule has 3 unspecified atom stereocenters. The molecule has 3 atom stereocenters. The Morgan fingerprint density at radius 1 is 1.19 bits per heavy atom. The first-order valence-electron chi connectivity index (χ1n) is 8.43. The number of amides is 1. The number of nitrogens with one attached hydrogen (secondary N) is 1. The molecule has 0 aromatic carbocycles. The topological polar surface area (TPSA) is 32.3 Å². The normalized spacial score (nSPS) is 37.5. The van der Waals surface area contributed by atoms with Gasteiger partial charge in [-0.1, -0.05) is 12.8 Å². The molecule has 5 heteroatoms. The Labute approximate surface area is 138 Å². The van der Waals surface area contributed by atoms with Crippen molar-refractivity contribution in [2.24, 2.45) is 11.3 Å². The van der Waals surface area contributed by atoms with Gasteiger partial charge in [0.1, 0.15) is 0 Å². The first-order valence-corrected chi connectivity index (χ1v) is 9.48. The molecule has 0 radical (unpaired) electrons. The van der Waals surface area contributed by atoms with E-state index in [0.29, 0.717) is 23.3 Å². The predicted octanol–water partition coefficient (Wildman–Crippen LogP) is 2.68. The molecule has 0 aromatic rings. The van der Waals surface area contributed by atoms with Crippen molar-refractivity contribution in [2.45, 2.75) is 56.2 Å². The zero-order chi connectivity index (χ0) is 13.6. The Hall–Kier alpha value is 0.0700. The fourth-order valence-electron chi connectivity index (χ4n) is 4.74. The SMILES string of the molecule is Cl.O=C(C1CC12CCNCC2)N1CCSC2CCCCC21. The van der Waals surface area contributed by atoms with E-state index >= 15 is 0 Å². The van der Waals surface area contributed by atoms with Gasteiger partial charge in [0, 0.05) is 29.5 Å². The Kier molecular flexibility index (Phi) is 4.77. The summed E-state index contributed by atoms with van der Waals surface area (Å²) < 4.78 is 0. The maximum Gasteiger partial charge on any atom is 0.226 e. The zero-order valence-electron chi connectivity index (χ0n) is 12.7. The summed E-state index contributed by atoms with van der Waals surface area (Å²) in [5, 5.41) is 4.18. The Bertz CT molecular complexity index is 398. The van der Waals surface area contributed by atoms with Crippen molar-refractivity contribution in [1.82, 2.24) is 10.2 Å². The Balaban J connectivity index is 0.00000132. The molecule has 4 aliphatic rings. The van der Waals surface area contributed by atoms with Gasteiger partial charge in [-0.2, -0.15) is 11.8 Å². The summed E-state index contributed by atoms with van der Waals surface area (Å²) in [6.45, 7) is 3.24. The van der Waals surface area contributed by atoms with E-state index < -0.39 is 0 Å². The predicted molar refractivity (Wildman–Crippen MR) is 90.1 cm³/mol. The number of halogens is 1. The summed E-state index contributed by atoms with van der Waals surface area (Å²) in [5.41, 5.74) is 0.400. The summed E-state index contributed by atoms with van der Waals surface area (Å²) in [4.78, 5) is 15.3. The fraction of sp³-hybridized carbons (Fsp3) is 0.938. The van der Waals surface area contributed by atoms with E-state index in [1.54, 1.807) is 0 Å². The molecule has 120 valence electrons. The van der Waals surface area contributed by atoms with Crippen molar-refractivity contribution < 1.29 is 4.79 Å². The minimum absolute atomic E-state index is 0. The maximum atomic E-state index is 13.0. The van der Waals surface area contributed by atoms with Gasteiger partial charge in [-0.3, -0.25) is 4.79 Å². The van der Waals surface area contributed by atoms with Gasteiger partial charge in [0.25, 0.3) is 0 Å². The van der Waals surface area contributed by atoms with Gasteiger partial charge >= 0.3 is 0 Å². The van der Waals surface area contributed by atoms with Gasteiger partial charge in [-0.25, -0.2) is 0 Å². The minimum atomic E-state index is 0. The Morgan fingerprint density at radius 3 is 2.76 bits per heavy atom. The molecule has 0 aromatic heterocycles. The van der Waals surface area contributed by atoms with E-state index in [1.807, 2.05) is 0 Å². The van der Waals surface area contributed by atoms with Crippen LogP contribution in [0.15, 0.2) is 0 Å². The van der Waals surface area contributed by atoms with Crippen LogP contribution in [0.5, 0.6) is 0 Å². The highest BCUT2D eigenvalue weighted by Crippen LogP contribution is 2.59. The molecule has 1 amide bonds. The van der Waals surface area contributed by atoms with Crippen molar-refractivity contribution >= 4 is 30.1 Å². The number of thioether (sulfide) groups is 1. The Morgan fingerprint density at radius 2 is 1.95 bits per heavy atom. The van der Waals surface area contributed by atoms with Crippen molar-refractivity contribution in [1.29, 1.82) is 0 Å². The van der Waals surface area contributed by atoms with E-state index in [9.17, 15) is 4.79 Å². The summed E-state index contributed by atoms with van der Waals surface area (Å²) in [5.74, 6) is 2.05. The molecule has 2 aliphatic carbocycles.